The lowest BCUT2D eigenvalue weighted by atomic mass is 9.99. The summed E-state index contributed by atoms with van der Waals surface area (Å²) in [5.41, 5.74) is 1.72. The number of amides is 1. The van der Waals surface area contributed by atoms with Gasteiger partial charge in [0.15, 0.2) is 0 Å². The van der Waals surface area contributed by atoms with E-state index in [0.717, 1.165) is 12.1 Å². The van der Waals surface area contributed by atoms with Gasteiger partial charge in [0.05, 0.1) is 0 Å². The summed E-state index contributed by atoms with van der Waals surface area (Å²) in [5.74, 6) is -6.67. The van der Waals surface area contributed by atoms with Gasteiger partial charge in [-0.1, -0.05) is 12.1 Å². The first-order valence-corrected chi connectivity index (χ1v) is 5.72. The van der Waals surface area contributed by atoms with E-state index in [1.165, 1.54) is 6.07 Å². The molecule has 1 aliphatic heterocycles. The zero-order valence-corrected chi connectivity index (χ0v) is 9.85. The van der Waals surface area contributed by atoms with Gasteiger partial charge < -0.3 is 10.6 Å². The van der Waals surface area contributed by atoms with Crippen LogP contribution in [0.3, 0.4) is 0 Å². The Morgan fingerprint density at radius 2 is 2.11 bits per heavy atom. The quantitative estimate of drug-likeness (QED) is 0.831. The highest BCUT2D eigenvalue weighted by atomic mass is 19.3. The van der Waals surface area contributed by atoms with Crippen molar-refractivity contribution in [3.63, 3.8) is 0 Å². The topological polar surface area (TPSA) is 41.1 Å². The van der Waals surface area contributed by atoms with Crippen molar-refractivity contribution in [2.45, 2.75) is 25.3 Å². The lowest BCUT2D eigenvalue weighted by Gasteiger charge is -2.22. The van der Waals surface area contributed by atoms with E-state index in [9.17, 15) is 22.4 Å². The predicted octanol–water partition coefficient (Wildman–Crippen LogP) is 2.17. The number of anilines is 1. The summed E-state index contributed by atoms with van der Waals surface area (Å²) in [6.07, 6.45) is -3.32. The van der Waals surface area contributed by atoms with Crippen molar-refractivity contribution in [2.24, 2.45) is 0 Å². The number of hydrogen-bond donors (Lipinski definition) is 2. The van der Waals surface area contributed by atoms with Gasteiger partial charge >= 0.3 is 18.3 Å². The van der Waals surface area contributed by atoms with Crippen LogP contribution in [0.25, 0.3) is 0 Å². The number of benzene rings is 1. The number of carbonyl (C=O) groups excluding carboxylic acids is 1. The third kappa shape index (κ3) is 2.70. The Morgan fingerprint density at radius 3 is 2.79 bits per heavy atom. The molecular weight excluding hydrogens is 264 g/mol. The number of hydrogen-bond acceptors (Lipinski definition) is 2. The smallest absolute Gasteiger partial charge is 0.320 e. The van der Waals surface area contributed by atoms with Crippen molar-refractivity contribution >= 4 is 11.6 Å². The van der Waals surface area contributed by atoms with Gasteiger partial charge in [-0.15, -0.1) is 0 Å². The van der Waals surface area contributed by atoms with Crippen molar-refractivity contribution in [3.05, 3.63) is 29.3 Å². The van der Waals surface area contributed by atoms with Gasteiger partial charge in [0.2, 0.25) is 0 Å². The van der Waals surface area contributed by atoms with E-state index in [2.05, 4.69) is 5.32 Å². The Morgan fingerprint density at radius 1 is 1.37 bits per heavy atom. The third-order valence-corrected chi connectivity index (χ3v) is 2.97. The molecule has 0 saturated heterocycles. The van der Waals surface area contributed by atoms with Crippen LogP contribution in [0.1, 0.15) is 11.1 Å². The molecule has 1 aliphatic rings. The molecule has 1 heterocycles. The number of carbonyl (C=O) groups is 1. The standard InChI is InChI=1S/C12H12F4N2O/c13-10(14)12(15,16)11(19)18-9-3-1-2-7-4-5-17-6-8(7)9/h1-3,10,17H,4-6H2,(H,18,19). The van der Waals surface area contributed by atoms with Crippen molar-refractivity contribution in [2.75, 3.05) is 11.9 Å². The fourth-order valence-electron chi connectivity index (χ4n) is 1.94. The molecule has 0 unspecified atom stereocenters. The van der Waals surface area contributed by atoms with E-state index in [0.29, 0.717) is 18.5 Å². The van der Waals surface area contributed by atoms with Gasteiger partial charge in [-0.2, -0.15) is 8.78 Å². The zero-order valence-electron chi connectivity index (χ0n) is 9.85. The molecule has 3 nitrogen and oxygen atoms in total. The van der Waals surface area contributed by atoms with Crippen LogP contribution in [0.5, 0.6) is 0 Å². The van der Waals surface area contributed by atoms with E-state index >= 15 is 0 Å². The summed E-state index contributed by atoms with van der Waals surface area (Å²) < 4.78 is 49.9. The van der Waals surface area contributed by atoms with Crippen LogP contribution in [0, 0.1) is 0 Å². The summed E-state index contributed by atoms with van der Waals surface area (Å²) in [4.78, 5) is 11.2. The Balaban J connectivity index is 2.22. The van der Waals surface area contributed by atoms with Gasteiger partial charge in [-0.25, -0.2) is 8.78 Å². The monoisotopic (exact) mass is 276 g/mol. The Bertz CT molecular complexity index is 491. The molecule has 1 aromatic rings. The number of nitrogens with one attached hydrogen (secondary N) is 2. The van der Waals surface area contributed by atoms with Gasteiger partial charge in [-0.05, 0) is 30.2 Å². The molecule has 0 fully saturated rings. The summed E-state index contributed by atoms with van der Waals surface area (Å²) in [5, 5.41) is 4.91. The molecule has 0 saturated carbocycles. The second kappa shape index (κ2) is 5.16. The minimum atomic E-state index is -4.69. The maximum absolute atomic E-state index is 12.9. The van der Waals surface area contributed by atoms with Crippen molar-refractivity contribution in [1.82, 2.24) is 5.32 Å². The molecule has 2 N–H and O–H groups in total. The van der Waals surface area contributed by atoms with Crippen LogP contribution < -0.4 is 10.6 Å². The molecular formula is C12H12F4N2O. The fraction of sp³-hybridized carbons (Fsp3) is 0.417. The summed E-state index contributed by atoms with van der Waals surface area (Å²) >= 11 is 0. The minimum absolute atomic E-state index is 0.148. The Kier molecular flexibility index (Phi) is 3.75. The highest BCUT2D eigenvalue weighted by Crippen LogP contribution is 2.27. The zero-order chi connectivity index (χ0) is 14.0. The van der Waals surface area contributed by atoms with Gasteiger partial charge in [-0.3, -0.25) is 4.79 Å². The second-order valence-electron chi connectivity index (χ2n) is 4.25. The van der Waals surface area contributed by atoms with Crippen LogP contribution in [-0.2, 0) is 17.8 Å². The lowest BCUT2D eigenvalue weighted by molar-refractivity contribution is -0.163. The van der Waals surface area contributed by atoms with E-state index in [4.69, 9.17) is 0 Å². The first-order chi connectivity index (χ1) is 8.93. The number of fused-ring (bicyclic) bond motifs is 1. The normalized spacial score (nSPS) is 15.2. The second-order valence-corrected chi connectivity index (χ2v) is 4.25. The summed E-state index contributed by atoms with van der Waals surface area (Å²) in [6.45, 7) is 1.16. The Hall–Kier alpha value is -1.63. The molecule has 104 valence electrons. The molecule has 2 rings (SSSR count). The largest absolute Gasteiger partial charge is 0.383 e. The highest BCUT2D eigenvalue weighted by Gasteiger charge is 2.49. The predicted molar refractivity (Wildman–Crippen MR) is 61.4 cm³/mol. The molecule has 0 bridgehead atoms. The summed E-state index contributed by atoms with van der Waals surface area (Å²) in [6, 6.07) is 4.84. The molecule has 7 heteroatoms. The van der Waals surface area contributed by atoms with Crippen LogP contribution in [0.2, 0.25) is 0 Å². The van der Waals surface area contributed by atoms with E-state index in [1.807, 2.05) is 11.4 Å². The summed E-state index contributed by atoms with van der Waals surface area (Å²) in [7, 11) is 0. The van der Waals surface area contributed by atoms with Crippen LogP contribution >= 0.6 is 0 Å². The lowest BCUT2D eigenvalue weighted by Crippen LogP contribution is -2.41. The van der Waals surface area contributed by atoms with E-state index in [1.54, 1.807) is 6.07 Å². The minimum Gasteiger partial charge on any atom is -0.320 e. The Labute approximate surface area is 107 Å². The average Bonchev–Trinajstić information content (AvgIpc) is 2.39. The van der Waals surface area contributed by atoms with Gasteiger partial charge in [0, 0.05) is 12.2 Å². The third-order valence-electron chi connectivity index (χ3n) is 2.97. The van der Waals surface area contributed by atoms with Crippen LogP contribution in [-0.4, -0.2) is 24.8 Å². The molecule has 0 atom stereocenters. The average molecular weight is 276 g/mol. The molecule has 0 aliphatic carbocycles. The number of alkyl halides is 4. The van der Waals surface area contributed by atoms with Crippen LogP contribution in [0.15, 0.2) is 18.2 Å². The van der Waals surface area contributed by atoms with Crippen molar-refractivity contribution in [3.8, 4) is 0 Å². The van der Waals surface area contributed by atoms with Gasteiger partial charge in [0.1, 0.15) is 0 Å². The van der Waals surface area contributed by atoms with E-state index < -0.39 is 18.3 Å². The molecule has 19 heavy (non-hydrogen) atoms. The maximum Gasteiger partial charge on any atom is 0.383 e. The van der Waals surface area contributed by atoms with E-state index in [-0.39, 0.29) is 5.69 Å². The van der Waals surface area contributed by atoms with Gasteiger partial charge in [0.25, 0.3) is 0 Å². The van der Waals surface area contributed by atoms with Crippen LogP contribution in [0.4, 0.5) is 23.2 Å². The molecule has 0 aromatic heterocycles. The number of rotatable bonds is 3. The maximum atomic E-state index is 12.9. The fourth-order valence-corrected chi connectivity index (χ4v) is 1.94. The van der Waals surface area contributed by atoms with Crippen molar-refractivity contribution in [1.29, 1.82) is 0 Å². The molecule has 0 radical (unpaired) electrons. The first kappa shape index (κ1) is 13.8. The molecule has 0 spiro atoms. The molecule has 1 aromatic carbocycles. The molecule has 1 amide bonds. The SMILES string of the molecule is O=C(Nc1cccc2c1CNCC2)C(F)(F)C(F)F. The number of halogens is 4. The highest BCUT2D eigenvalue weighted by molar-refractivity contribution is 5.97. The van der Waals surface area contributed by atoms with Crippen molar-refractivity contribution < 1.29 is 22.4 Å². The first-order valence-electron chi connectivity index (χ1n) is 5.72.